The Labute approximate surface area is 186 Å². The van der Waals surface area contributed by atoms with Crippen LogP contribution in [0, 0.1) is 21.1 Å². The molecule has 5 nitrogen and oxygen atoms in total. The van der Waals surface area contributed by atoms with E-state index in [1.165, 1.54) is 17.4 Å². The number of carbonyl (C=O) groups is 1. The number of ether oxygens (including phenoxy) is 2. The Bertz CT molecular complexity index is 1080. The van der Waals surface area contributed by atoms with Gasteiger partial charge >= 0.3 is 0 Å². The van der Waals surface area contributed by atoms with Gasteiger partial charge < -0.3 is 14.8 Å². The molecule has 0 fully saturated rings. The van der Waals surface area contributed by atoms with Crippen molar-refractivity contribution in [1.29, 1.82) is 5.26 Å². The standard InChI is InChI=1S/C23H24N2O3S2/c1-4-28-19-9-6-15(12-20(19)27-3)7-10-21(26)25-22-18(13-24)16-8-5-14(2)11-17(16)23(29)30-22/h6-7,9-10,12,14H,4-5,8,11H2,1-3H3,(H,25,26)/b10-7+. The number of hydrogen-bond donors (Lipinski definition) is 1. The number of anilines is 1. The second-order valence-electron chi connectivity index (χ2n) is 7.18. The molecule has 1 heterocycles. The van der Waals surface area contributed by atoms with Crippen molar-refractivity contribution in [1.82, 2.24) is 0 Å². The van der Waals surface area contributed by atoms with Crippen LogP contribution >= 0.6 is 23.6 Å². The van der Waals surface area contributed by atoms with Crippen LogP contribution in [0.5, 0.6) is 11.5 Å². The summed E-state index contributed by atoms with van der Waals surface area (Å²) in [6, 6.07) is 7.74. The highest BCUT2D eigenvalue weighted by molar-refractivity contribution is 7.73. The minimum absolute atomic E-state index is 0.311. The molecule has 1 amide bonds. The van der Waals surface area contributed by atoms with Crippen molar-refractivity contribution in [3.63, 3.8) is 0 Å². The number of amides is 1. The molecule has 2 aromatic rings. The van der Waals surface area contributed by atoms with Crippen LogP contribution in [-0.4, -0.2) is 19.6 Å². The molecule has 1 N–H and O–H groups in total. The minimum atomic E-state index is -0.311. The summed E-state index contributed by atoms with van der Waals surface area (Å²) in [7, 11) is 1.58. The van der Waals surface area contributed by atoms with Gasteiger partial charge in [0.2, 0.25) is 5.91 Å². The molecule has 1 atom stereocenters. The van der Waals surface area contributed by atoms with Gasteiger partial charge in [0.15, 0.2) is 11.5 Å². The van der Waals surface area contributed by atoms with Gasteiger partial charge in [0.25, 0.3) is 0 Å². The lowest BCUT2D eigenvalue weighted by atomic mass is 9.85. The van der Waals surface area contributed by atoms with Gasteiger partial charge in [-0.05, 0) is 67.0 Å². The quantitative estimate of drug-likeness (QED) is 0.472. The van der Waals surface area contributed by atoms with Gasteiger partial charge in [-0.25, -0.2) is 0 Å². The third-order valence-corrected chi connectivity index (χ3v) is 6.48. The molecule has 7 heteroatoms. The van der Waals surface area contributed by atoms with Crippen molar-refractivity contribution in [3.8, 4) is 17.6 Å². The lowest BCUT2D eigenvalue weighted by molar-refractivity contribution is -0.111. The zero-order valence-corrected chi connectivity index (χ0v) is 18.9. The van der Waals surface area contributed by atoms with E-state index in [-0.39, 0.29) is 5.91 Å². The normalized spacial score (nSPS) is 15.3. The van der Waals surface area contributed by atoms with Crippen LogP contribution in [0.25, 0.3) is 6.08 Å². The van der Waals surface area contributed by atoms with Crippen LogP contribution in [0.2, 0.25) is 0 Å². The second kappa shape index (κ2) is 9.88. The lowest BCUT2D eigenvalue weighted by Gasteiger charge is -2.23. The lowest BCUT2D eigenvalue weighted by Crippen LogP contribution is -2.15. The maximum Gasteiger partial charge on any atom is 0.249 e. The number of methoxy groups -OCH3 is 1. The topological polar surface area (TPSA) is 71.3 Å². The molecule has 30 heavy (non-hydrogen) atoms. The van der Waals surface area contributed by atoms with E-state index in [1.807, 2.05) is 19.1 Å². The number of fused-ring (bicyclic) bond motifs is 1. The fraction of sp³-hybridized carbons (Fsp3) is 0.348. The summed E-state index contributed by atoms with van der Waals surface area (Å²) in [6.45, 7) is 4.65. The maximum absolute atomic E-state index is 12.5. The van der Waals surface area contributed by atoms with E-state index in [1.54, 1.807) is 19.3 Å². The Kier molecular flexibility index (Phi) is 7.24. The van der Waals surface area contributed by atoms with Gasteiger partial charge in [0.1, 0.15) is 11.1 Å². The fourth-order valence-corrected chi connectivity index (χ4v) is 4.93. The van der Waals surface area contributed by atoms with Gasteiger partial charge in [-0.2, -0.15) is 5.26 Å². The van der Waals surface area contributed by atoms with Gasteiger partial charge in [-0.1, -0.05) is 25.2 Å². The second-order valence-corrected chi connectivity index (χ2v) is 8.86. The number of nitrogens with one attached hydrogen (secondary N) is 1. The van der Waals surface area contributed by atoms with E-state index in [0.717, 1.165) is 39.8 Å². The maximum atomic E-state index is 12.5. The largest absolute Gasteiger partial charge is 0.493 e. The molecule has 156 valence electrons. The van der Waals surface area contributed by atoms with E-state index in [9.17, 15) is 10.1 Å². The molecule has 1 aliphatic rings. The molecule has 0 saturated heterocycles. The Balaban J connectivity index is 1.81. The number of benzene rings is 1. The van der Waals surface area contributed by atoms with E-state index in [4.69, 9.17) is 21.7 Å². The van der Waals surface area contributed by atoms with Crippen LogP contribution < -0.4 is 14.8 Å². The number of carbonyl (C=O) groups excluding carboxylic acids is 1. The molecule has 1 aromatic carbocycles. The Morgan fingerprint density at radius 2 is 2.20 bits per heavy atom. The van der Waals surface area contributed by atoms with Crippen LogP contribution in [0.1, 0.15) is 42.5 Å². The molecule has 1 aliphatic carbocycles. The zero-order chi connectivity index (χ0) is 21.7. The minimum Gasteiger partial charge on any atom is -0.493 e. The Morgan fingerprint density at radius 1 is 1.40 bits per heavy atom. The smallest absolute Gasteiger partial charge is 0.249 e. The van der Waals surface area contributed by atoms with Crippen molar-refractivity contribution in [2.75, 3.05) is 19.0 Å². The first kappa shape index (κ1) is 22.0. The third-order valence-electron chi connectivity index (χ3n) is 5.04. The fourth-order valence-electron chi connectivity index (χ4n) is 3.53. The van der Waals surface area contributed by atoms with E-state index in [2.05, 4.69) is 18.3 Å². The predicted octanol–water partition coefficient (Wildman–Crippen LogP) is 5.53. The number of nitriles is 1. The van der Waals surface area contributed by atoms with E-state index in [0.29, 0.717) is 34.6 Å². The molecule has 1 aromatic heterocycles. The van der Waals surface area contributed by atoms with E-state index >= 15 is 0 Å². The average molecular weight is 441 g/mol. The van der Waals surface area contributed by atoms with Crippen molar-refractivity contribution in [2.45, 2.75) is 33.1 Å². The first-order valence-corrected chi connectivity index (χ1v) is 11.1. The van der Waals surface area contributed by atoms with Crippen LogP contribution in [0.4, 0.5) is 5.00 Å². The number of nitrogens with zero attached hydrogens (tertiary/aromatic N) is 1. The predicted molar refractivity (Wildman–Crippen MR) is 123 cm³/mol. The average Bonchev–Trinajstić information content (AvgIpc) is 2.74. The van der Waals surface area contributed by atoms with Crippen molar-refractivity contribution in [3.05, 3.63) is 50.4 Å². The summed E-state index contributed by atoms with van der Waals surface area (Å²) in [5.41, 5.74) is 3.44. The van der Waals surface area contributed by atoms with Crippen molar-refractivity contribution in [2.24, 2.45) is 5.92 Å². The molecule has 0 radical (unpaired) electrons. The molecule has 0 spiro atoms. The summed E-state index contributed by atoms with van der Waals surface area (Å²) >= 11 is 6.85. The summed E-state index contributed by atoms with van der Waals surface area (Å²) < 4.78 is 11.6. The zero-order valence-electron chi connectivity index (χ0n) is 17.3. The third kappa shape index (κ3) is 4.89. The molecule has 0 saturated carbocycles. The van der Waals surface area contributed by atoms with Crippen molar-refractivity contribution < 1.29 is 14.3 Å². The summed E-state index contributed by atoms with van der Waals surface area (Å²) in [4.78, 5) is 12.5. The van der Waals surface area contributed by atoms with Gasteiger partial charge in [0, 0.05) is 6.08 Å². The highest BCUT2D eigenvalue weighted by Gasteiger charge is 2.23. The first-order valence-electron chi connectivity index (χ1n) is 9.85. The van der Waals surface area contributed by atoms with Gasteiger partial charge in [-0.3, -0.25) is 4.79 Å². The monoisotopic (exact) mass is 440 g/mol. The Hall–Kier alpha value is -2.69. The highest BCUT2D eigenvalue weighted by atomic mass is 32.1. The molecular weight excluding hydrogens is 416 g/mol. The summed E-state index contributed by atoms with van der Waals surface area (Å²) in [5, 5.41) is 13.1. The number of hydrogen-bond acceptors (Lipinski definition) is 6. The Morgan fingerprint density at radius 3 is 2.90 bits per heavy atom. The van der Waals surface area contributed by atoms with Crippen molar-refractivity contribution >= 4 is 40.5 Å². The SMILES string of the molecule is CCOc1ccc(/C=C/C(=O)Nc2sc(=S)c3c(c2C#N)CCC(C)C3)cc1OC. The molecular formula is C23H24N2O3S2. The van der Waals surface area contributed by atoms with Gasteiger partial charge in [0.05, 0.1) is 23.1 Å². The van der Waals surface area contributed by atoms with E-state index < -0.39 is 0 Å². The summed E-state index contributed by atoms with van der Waals surface area (Å²) in [6.07, 6.45) is 5.87. The molecule has 1 unspecified atom stereocenters. The highest BCUT2D eigenvalue weighted by Crippen LogP contribution is 2.36. The number of rotatable bonds is 6. The molecule has 0 aliphatic heterocycles. The van der Waals surface area contributed by atoms with Crippen LogP contribution in [-0.2, 0) is 17.6 Å². The first-order chi connectivity index (χ1) is 14.5. The molecule has 0 bridgehead atoms. The van der Waals surface area contributed by atoms with Gasteiger partial charge in [-0.15, -0.1) is 11.3 Å². The van der Waals surface area contributed by atoms with Crippen LogP contribution in [0.15, 0.2) is 24.3 Å². The summed E-state index contributed by atoms with van der Waals surface area (Å²) in [5.74, 6) is 1.51. The molecule has 3 rings (SSSR count). The van der Waals surface area contributed by atoms with Crippen LogP contribution in [0.3, 0.4) is 0 Å².